The third-order valence-electron chi connectivity index (χ3n) is 4.65. The summed E-state index contributed by atoms with van der Waals surface area (Å²) in [6, 6.07) is 16.4. The van der Waals surface area contributed by atoms with Crippen LogP contribution in [0.3, 0.4) is 0 Å². The minimum Gasteiger partial charge on any atom is -0.860 e. The quantitative estimate of drug-likeness (QED) is 0.402. The average Bonchev–Trinajstić information content (AvgIpc) is 3.02. The number of benzene rings is 2. The second-order valence-electron chi connectivity index (χ2n) is 6.39. The highest BCUT2D eigenvalue weighted by Gasteiger charge is 2.21. The first-order valence-electron chi connectivity index (χ1n) is 8.54. The van der Waals surface area contributed by atoms with E-state index in [-0.39, 0.29) is 17.1 Å². The molecule has 0 atom stereocenters. The fourth-order valence-electron chi connectivity index (χ4n) is 3.21. The molecule has 2 aliphatic heterocycles. The molecule has 0 unspecified atom stereocenters. The van der Waals surface area contributed by atoms with Crippen LogP contribution in [-0.2, 0) is 6.54 Å². The van der Waals surface area contributed by atoms with E-state index in [4.69, 9.17) is 0 Å². The van der Waals surface area contributed by atoms with Crippen LogP contribution in [0.5, 0.6) is 5.88 Å². The van der Waals surface area contributed by atoms with E-state index < -0.39 is 4.92 Å². The van der Waals surface area contributed by atoms with E-state index in [2.05, 4.69) is 5.10 Å². The predicted octanol–water partition coefficient (Wildman–Crippen LogP) is 2.48. The van der Waals surface area contributed by atoms with E-state index in [0.717, 1.165) is 10.2 Å². The maximum atomic E-state index is 12.9. The lowest BCUT2D eigenvalue weighted by molar-refractivity contribution is -0.384. The molecule has 28 heavy (non-hydrogen) atoms. The number of pyridine rings is 1. The van der Waals surface area contributed by atoms with Crippen molar-refractivity contribution < 1.29 is 10.0 Å². The molecule has 8 heteroatoms. The molecule has 0 saturated carbocycles. The van der Waals surface area contributed by atoms with Crippen molar-refractivity contribution in [1.29, 1.82) is 0 Å². The zero-order valence-electron chi connectivity index (χ0n) is 14.9. The van der Waals surface area contributed by atoms with Gasteiger partial charge in [-0.3, -0.25) is 14.9 Å². The van der Waals surface area contributed by atoms with Gasteiger partial charge in [0.25, 0.3) is 11.2 Å². The van der Waals surface area contributed by atoms with Crippen LogP contribution in [-0.4, -0.2) is 19.3 Å². The van der Waals surface area contributed by atoms with Gasteiger partial charge in [-0.15, -0.1) is 0 Å². The summed E-state index contributed by atoms with van der Waals surface area (Å²) in [7, 11) is 0. The number of non-ortho nitro benzene ring substituents is 1. The Morgan fingerprint density at radius 1 is 1.07 bits per heavy atom. The molecule has 140 valence electrons. The van der Waals surface area contributed by atoms with E-state index in [1.807, 2.05) is 30.3 Å². The van der Waals surface area contributed by atoms with Crippen LogP contribution >= 0.6 is 0 Å². The molecule has 0 aliphatic carbocycles. The van der Waals surface area contributed by atoms with Crippen LogP contribution in [0, 0.1) is 17.0 Å². The first-order chi connectivity index (χ1) is 13.5. The molecule has 4 rings (SSSR count). The lowest BCUT2D eigenvalue weighted by Gasteiger charge is -2.22. The Balaban J connectivity index is 1.83. The molecule has 0 N–H and O–H groups in total. The molecule has 2 aromatic rings. The molecule has 0 radical (unpaired) electrons. The Morgan fingerprint density at radius 3 is 2.39 bits per heavy atom. The van der Waals surface area contributed by atoms with Crippen molar-refractivity contribution in [3.05, 3.63) is 92.4 Å². The predicted molar refractivity (Wildman–Crippen MR) is 101 cm³/mol. The molecule has 2 aliphatic rings. The Labute approximate surface area is 159 Å². The van der Waals surface area contributed by atoms with Crippen molar-refractivity contribution in [3.63, 3.8) is 0 Å². The van der Waals surface area contributed by atoms with Crippen LogP contribution in [0.25, 0.3) is 16.9 Å². The number of nitrogens with zero attached hydrogens (tertiary/aromatic N) is 4. The minimum absolute atomic E-state index is 0.0772. The van der Waals surface area contributed by atoms with Gasteiger partial charge in [0.15, 0.2) is 0 Å². The molecular formula is C20H15N4O4-. The molecule has 0 spiro atoms. The number of hydrogen-bond acceptors (Lipinski definition) is 5. The molecule has 2 aromatic carbocycles. The van der Waals surface area contributed by atoms with E-state index in [9.17, 15) is 20.0 Å². The average molecular weight is 375 g/mol. The summed E-state index contributed by atoms with van der Waals surface area (Å²) in [4.78, 5) is 23.2. The van der Waals surface area contributed by atoms with Gasteiger partial charge in [0, 0.05) is 24.4 Å². The monoisotopic (exact) mass is 375 g/mol. The molecule has 2 heterocycles. The summed E-state index contributed by atoms with van der Waals surface area (Å²) < 4.78 is 2.70. The Hall–Kier alpha value is -3.94. The third-order valence-corrected chi connectivity index (χ3v) is 4.65. The van der Waals surface area contributed by atoms with Crippen LogP contribution in [0.1, 0.15) is 11.3 Å². The van der Waals surface area contributed by atoms with Gasteiger partial charge in [-0.2, -0.15) is 9.78 Å². The SMILES string of the molecule is Cc1c2c(=O)n(-c3ccc([N+](=O)[O-])cc3)nc-2cc([O-])n1Cc1ccccc1. The number of hydrogen-bond donors (Lipinski definition) is 0. The summed E-state index contributed by atoms with van der Waals surface area (Å²) in [5, 5.41) is 27.6. The van der Waals surface area contributed by atoms with Crippen molar-refractivity contribution in [1.82, 2.24) is 14.3 Å². The van der Waals surface area contributed by atoms with Crippen molar-refractivity contribution in [3.8, 4) is 22.8 Å². The van der Waals surface area contributed by atoms with Crippen LogP contribution < -0.4 is 10.7 Å². The largest absolute Gasteiger partial charge is 0.860 e. The molecule has 0 bridgehead atoms. The van der Waals surface area contributed by atoms with Gasteiger partial charge in [0.1, 0.15) is 0 Å². The van der Waals surface area contributed by atoms with Crippen LogP contribution in [0.2, 0.25) is 0 Å². The topological polar surface area (TPSA) is 106 Å². The number of rotatable bonds is 4. The first kappa shape index (κ1) is 17.5. The normalized spacial score (nSPS) is 11.0. The molecular weight excluding hydrogens is 360 g/mol. The summed E-state index contributed by atoms with van der Waals surface area (Å²) in [6.07, 6.45) is 0. The number of fused-ring (bicyclic) bond motifs is 1. The van der Waals surface area contributed by atoms with Crippen molar-refractivity contribution in [2.24, 2.45) is 0 Å². The molecule has 0 saturated heterocycles. The number of nitro groups is 1. The Kier molecular flexibility index (Phi) is 4.15. The van der Waals surface area contributed by atoms with E-state index in [1.54, 1.807) is 11.5 Å². The summed E-state index contributed by atoms with van der Waals surface area (Å²) >= 11 is 0. The van der Waals surface area contributed by atoms with E-state index >= 15 is 0 Å². The first-order valence-corrected chi connectivity index (χ1v) is 8.54. The number of aromatic nitrogens is 3. The summed E-state index contributed by atoms with van der Waals surface area (Å²) in [5.74, 6) is -0.248. The lowest BCUT2D eigenvalue weighted by Crippen LogP contribution is -2.18. The van der Waals surface area contributed by atoms with Crippen molar-refractivity contribution in [2.45, 2.75) is 13.5 Å². The Morgan fingerprint density at radius 2 is 1.75 bits per heavy atom. The second kappa shape index (κ2) is 6.66. The Bertz CT molecular complexity index is 1190. The molecule has 0 amide bonds. The maximum absolute atomic E-state index is 12.9. The van der Waals surface area contributed by atoms with Crippen LogP contribution in [0.15, 0.2) is 65.5 Å². The van der Waals surface area contributed by atoms with Crippen LogP contribution in [0.4, 0.5) is 5.69 Å². The molecule has 8 nitrogen and oxygen atoms in total. The third kappa shape index (κ3) is 2.90. The zero-order valence-corrected chi connectivity index (χ0v) is 14.9. The number of nitro benzene ring substituents is 1. The van der Waals surface area contributed by atoms with Gasteiger partial charge < -0.3 is 9.67 Å². The van der Waals surface area contributed by atoms with Gasteiger partial charge in [-0.25, -0.2) is 0 Å². The van der Waals surface area contributed by atoms with Crippen molar-refractivity contribution >= 4 is 5.69 Å². The molecule has 0 aromatic heterocycles. The standard InChI is InChI=1S/C20H16N4O4/c1-13-19-17(11-18(25)22(13)12-14-5-3-2-4-6-14)21-23(20(19)26)15-7-9-16(10-8-15)24(27)28/h2-11,25H,12H2,1H3/p-1. The van der Waals surface area contributed by atoms with Crippen molar-refractivity contribution in [2.75, 3.05) is 0 Å². The fraction of sp³-hybridized carbons (Fsp3) is 0.100. The summed E-state index contributed by atoms with van der Waals surface area (Å²) in [6.45, 7) is 2.07. The van der Waals surface area contributed by atoms with Gasteiger partial charge in [0.2, 0.25) is 0 Å². The molecule has 0 fully saturated rings. The lowest BCUT2D eigenvalue weighted by atomic mass is 10.1. The second-order valence-corrected chi connectivity index (χ2v) is 6.39. The minimum atomic E-state index is -0.512. The summed E-state index contributed by atoms with van der Waals surface area (Å²) in [5.41, 5.74) is 2.08. The maximum Gasteiger partial charge on any atom is 0.282 e. The van der Waals surface area contributed by atoms with E-state index in [0.29, 0.717) is 29.2 Å². The van der Waals surface area contributed by atoms with Gasteiger partial charge in [0.05, 0.1) is 21.9 Å². The van der Waals surface area contributed by atoms with E-state index in [1.165, 1.54) is 30.3 Å². The highest BCUT2D eigenvalue weighted by atomic mass is 16.6. The van der Waals surface area contributed by atoms with Gasteiger partial charge >= 0.3 is 0 Å². The highest BCUT2D eigenvalue weighted by Crippen LogP contribution is 2.27. The fourth-order valence-corrected chi connectivity index (χ4v) is 3.21. The zero-order chi connectivity index (χ0) is 19.8. The highest BCUT2D eigenvalue weighted by molar-refractivity contribution is 5.65. The smallest absolute Gasteiger partial charge is 0.282 e. The van der Waals surface area contributed by atoms with Gasteiger partial charge in [-0.05, 0) is 36.6 Å². The van der Waals surface area contributed by atoms with Gasteiger partial charge in [-0.1, -0.05) is 30.3 Å².